The Bertz CT molecular complexity index is 829. The fourth-order valence-corrected chi connectivity index (χ4v) is 4.68. The van der Waals surface area contributed by atoms with Gasteiger partial charge in [0.2, 0.25) is 10.0 Å². The van der Waals surface area contributed by atoms with Crippen LogP contribution < -0.4 is 14.4 Å². The van der Waals surface area contributed by atoms with E-state index in [1.807, 2.05) is 18.2 Å². The van der Waals surface area contributed by atoms with Crippen molar-refractivity contribution >= 4 is 10.0 Å². The van der Waals surface area contributed by atoms with Crippen molar-refractivity contribution in [1.29, 1.82) is 0 Å². The molecule has 140 valence electrons. The van der Waals surface area contributed by atoms with Crippen LogP contribution in [0, 0.1) is 0 Å². The van der Waals surface area contributed by atoms with Crippen molar-refractivity contribution in [3.8, 4) is 11.5 Å². The van der Waals surface area contributed by atoms with Crippen LogP contribution >= 0.6 is 0 Å². The Labute approximate surface area is 155 Å². The van der Waals surface area contributed by atoms with Gasteiger partial charge in [-0.1, -0.05) is 12.1 Å². The van der Waals surface area contributed by atoms with Crippen LogP contribution in [0.5, 0.6) is 11.5 Å². The van der Waals surface area contributed by atoms with Crippen molar-refractivity contribution in [1.82, 2.24) is 4.31 Å². The fraction of sp³-hybridized carbons (Fsp3) is 0.368. The number of nitrogens with zero attached hydrogens (tertiary/aromatic N) is 1. The number of quaternary nitrogens is 1. The Morgan fingerprint density at radius 2 is 1.62 bits per heavy atom. The van der Waals surface area contributed by atoms with E-state index in [1.165, 1.54) is 4.90 Å². The zero-order valence-corrected chi connectivity index (χ0v) is 16.0. The number of methoxy groups -OCH3 is 2. The average Bonchev–Trinajstić information content (AvgIpc) is 2.69. The molecule has 1 heterocycles. The van der Waals surface area contributed by atoms with Gasteiger partial charge >= 0.3 is 0 Å². The first kappa shape index (κ1) is 18.7. The van der Waals surface area contributed by atoms with Crippen LogP contribution in [0.4, 0.5) is 0 Å². The van der Waals surface area contributed by atoms with Crippen molar-refractivity contribution in [2.75, 3.05) is 40.4 Å². The lowest BCUT2D eigenvalue weighted by Gasteiger charge is -2.31. The number of sulfonamides is 1. The Kier molecular flexibility index (Phi) is 5.80. The van der Waals surface area contributed by atoms with Crippen LogP contribution in [-0.2, 0) is 16.6 Å². The second-order valence-electron chi connectivity index (χ2n) is 6.32. The highest BCUT2D eigenvalue weighted by atomic mass is 32.2. The minimum atomic E-state index is -3.46. The van der Waals surface area contributed by atoms with Crippen molar-refractivity contribution in [3.63, 3.8) is 0 Å². The maximum atomic E-state index is 12.8. The molecule has 1 aliphatic rings. The highest BCUT2D eigenvalue weighted by Gasteiger charge is 2.30. The fourth-order valence-electron chi connectivity index (χ4n) is 3.23. The lowest BCUT2D eigenvalue weighted by Crippen LogP contribution is -3.13. The maximum absolute atomic E-state index is 12.8. The van der Waals surface area contributed by atoms with E-state index in [2.05, 4.69) is 6.07 Å². The SMILES string of the molecule is COc1ccc(S(=O)(=O)N2CC[NH+](Cc3ccccc3OC)CC2)cc1. The van der Waals surface area contributed by atoms with Crippen LogP contribution in [0.3, 0.4) is 0 Å². The lowest BCUT2D eigenvalue weighted by molar-refractivity contribution is -0.917. The number of rotatable bonds is 6. The third-order valence-corrected chi connectivity index (χ3v) is 6.67. The van der Waals surface area contributed by atoms with Gasteiger partial charge in [-0.25, -0.2) is 8.42 Å². The number of hydrogen-bond donors (Lipinski definition) is 1. The van der Waals surface area contributed by atoms with Crippen LogP contribution in [0.1, 0.15) is 5.56 Å². The van der Waals surface area contributed by atoms with Gasteiger partial charge in [0.15, 0.2) is 0 Å². The molecule has 0 aliphatic carbocycles. The summed E-state index contributed by atoms with van der Waals surface area (Å²) in [6.45, 7) is 3.40. The van der Waals surface area contributed by atoms with Gasteiger partial charge in [-0.05, 0) is 36.4 Å². The minimum absolute atomic E-state index is 0.312. The van der Waals surface area contributed by atoms with Crippen LogP contribution in [0.15, 0.2) is 53.4 Å². The van der Waals surface area contributed by atoms with E-state index >= 15 is 0 Å². The number of hydrogen-bond acceptors (Lipinski definition) is 4. The molecule has 3 rings (SSSR count). The lowest BCUT2D eigenvalue weighted by atomic mass is 10.2. The van der Waals surface area contributed by atoms with E-state index in [-0.39, 0.29) is 0 Å². The molecule has 2 aromatic carbocycles. The molecule has 0 saturated carbocycles. The van der Waals surface area contributed by atoms with Crippen LogP contribution in [0.25, 0.3) is 0 Å². The second-order valence-corrected chi connectivity index (χ2v) is 8.26. The average molecular weight is 377 g/mol. The van der Waals surface area contributed by atoms with Crippen LogP contribution in [-0.4, -0.2) is 53.1 Å². The molecule has 0 spiro atoms. The number of benzene rings is 2. The number of nitrogens with one attached hydrogen (secondary N) is 1. The first-order valence-corrected chi connectivity index (χ1v) is 10.1. The first-order valence-electron chi connectivity index (χ1n) is 8.64. The summed E-state index contributed by atoms with van der Waals surface area (Å²) in [7, 11) is -0.219. The normalized spacial score (nSPS) is 16.4. The third kappa shape index (κ3) is 4.00. The molecular weight excluding hydrogens is 352 g/mol. The van der Waals surface area contributed by atoms with Gasteiger partial charge in [-0.15, -0.1) is 0 Å². The Morgan fingerprint density at radius 1 is 0.962 bits per heavy atom. The van der Waals surface area contributed by atoms with E-state index in [0.717, 1.165) is 30.9 Å². The smallest absolute Gasteiger partial charge is 0.243 e. The van der Waals surface area contributed by atoms with Gasteiger partial charge in [-0.2, -0.15) is 4.31 Å². The molecule has 26 heavy (non-hydrogen) atoms. The Morgan fingerprint density at radius 3 is 2.23 bits per heavy atom. The molecule has 0 bridgehead atoms. The molecule has 0 atom stereocenters. The van der Waals surface area contributed by atoms with Gasteiger partial charge in [0, 0.05) is 5.56 Å². The molecular formula is C19H25N2O4S+. The van der Waals surface area contributed by atoms with Crippen LogP contribution in [0.2, 0.25) is 0 Å². The highest BCUT2D eigenvalue weighted by Crippen LogP contribution is 2.20. The summed E-state index contributed by atoms with van der Waals surface area (Å²) in [6.07, 6.45) is 0. The predicted molar refractivity (Wildman–Crippen MR) is 99.1 cm³/mol. The van der Waals surface area contributed by atoms with Gasteiger partial charge < -0.3 is 14.4 Å². The third-order valence-electron chi connectivity index (χ3n) is 4.76. The zero-order chi connectivity index (χ0) is 18.6. The van der Waals surface area contributed by atoms with Gasteiger partial charge in [-0.3, -0.25) is 0 Å². The summed E-state index contributed by atoms with van der Waals surface area (Å²) in [4.78, 5) is 1.67. The van der Waals surface area contributed by atoms with Crippen molar-refractivity contribution in [2.45, 2.75) is 11.4 Å². The topological polar surface area (TPSA) is 60.3 Å². The largest absolute Gasteiger partial charge is 0.497 e. The molecule has 0 amide bonds. The summed E-state index contributed by atoms with van der Waals surface area (Å²) < 4.78 is 37.7. The van der Waals surface area contributed by atoms with E-state index < -0.39 is 10.0 Å². The zero-order valence-electron chi connectivity index (χ0n) is 15.1. The quantitative estimate of drug-likeness (QED) is 0.809. The van der Waals surface area contributed by atoms with Gasteiger partial charge in [0.1, 0.15) is 18.0 Å². The van der Waals surface area contributed by atoms with Gasteiger partial charge in [0.05, 0.1) is 45.3 Å². The molecule has 1 aliphatic heterocycles. The molecule has 0 aromatic heterocycles. The van der Waals surface area contributed by atoms with Crippen molar-refractivity contribution in [2.24, 2.45) is 0 Å². The summed E-state index contributed by atoms with van der Waals surface area (Å²) in [5, 5.41) is 0. The Balaban J connectivity index is 1.64. The molecule has 0 radical (unpaired) electrons. The number of para-hydroxylation sites is 1. The summed E-state index contributed by atoms with van der Waals surface area (Å²) >= 11 is 0. The highest BCUT2D eigenvalue weighted by molar-refractivity contribution is 7.89. The molecule has 7 heteroatoms. The van der Waals surface area contributed by atoms with E-state index in [0.29, 0.717) is 23.7 Å². The molecule has 1 fully saturated rings. The monoisotopic (exact) mass is 377 g/mol. The van der Waals surface area contributed by atoms with Crippen molar-refractivity contribution < 1.29 is 22.8 Å². The molecule has 0 unspecified atom stereocenters. The molecule has 2 aromatic rings. The summed E-state index contributed by atoms with van der Waals surface area (Å²) in [5.74, 6) is 1.53. The van der Waals surface area contributed by atoms with E-state index in [1.54, 1.807) is 42.8 Å². The predicted octanol–water partition coefficient (Wildman–Crippen LogP) is 0.793. The minimum Gasteiger partial charge on any atom is -0.497 e. The van der Waals surface area contributed by atoms with Gasteiger partial charge in [0.25, 0.3) is 0 Å². The standard InChI is InChI=1S/C19H24N2O4S/c1-24-17-7-9-18(10-8-17)26(22,23)21-13-11-20(12-14-21)15-16-5-3-4-6-19(16)25-2/h3-10H,11-15H2,1-2H3/p+1. The van der Waals surface area contributed by atoms with Crippen molar-refractivity contribution in [3.05, 3.63) is 54.1 Å². The first-order chi connectivity index (χ1) is 12.5. The Hall–Kier alpha value is -2.09. The molecule has 6 nitrogen and oxygen atoms in total. The van der Waals surface area contributed by atoms with E-state index in [9.17, 15) is 8.42 Å². The summed E-state index contributed by atoms with van der Waals surface area (Å²) in [5.41, 5.74) is 1.15. The maximum Gasteiger partial charge on any atom is 0.243 e. The molecule has 1 saturated heterocycles. The van der Waals surface area contributed by atoms with E-state index in [4.69, 9.17) is 9.47 Å². The second kappa shape index (κ2) is 8.07. The number of piperazine rings is 1. The number of ether oxygens (including phenoxy) is 2. The molecule has 1 N–H and O–H groups in total. The summed E-state index contributed by atoms with van der Waals surface area (Å²) in [6, 6.07) is 14.5.